The number of carbonyl (C=O) groups excluding carboxylic acids is 2. The maximum atomic E-state index is 13.7. The summed E-state index contributed by atoms with van der Waals surface area (Å²) in [6, 6.07) is 9.62. The molecule has 0 heterocycles. The first kappa shape index (κ1) is 29.2. The quantitative estimate of drug-likeness (QED) is 0.453. The minimum atomic E-state index is -3.81. The van der Waals surface area contributed by atoms with Crippen molar-refractivity contribution in [2.24, 2.45) is 0 Å². The first-order valence-corrected chi connectivity index (χ1v) is 13.8. The SMILES string of the molecule is CC[C@H](C)NC(=O)[C@H](C)N(Cc1ccccc1C)C(=O)CCCN(c1ccc(F)c(F)c1)S(C)(=O)=O. The number of halogens is 2. The lowest BCUT2D eigenvalue weighted by molar-refractivity contribution is -0.140. The second-order valence-electron chi connectivity index (χ2n) is 8.98. The van der Waals surface area contributed by atoms with Crippen LogP contribution in [0.3, 0.4) is 0 Å². The lowest BCUT2D eigenvalue weighted by Gasteiger charge is -2.30. The van der Waals surface area contributed by atoms with E-state index in [4.69, 9.17) is 0 Å². The lowest BCUT2D eigenvalue weighted by atomic mass is 10.1. The van der Waals surface area contributed by atoms with Gasteiger partial charge < -0.3 is 10.2 Å². The number of amides is 2. The Labute approximate surface area is 212 Å². The van der Waals surface area contributed by atoms with Crippen molar-refractivity contribution in [1.29, 1.82) is 0 Å². The molecule has 0 radical (unpaired) electrons. The number of nitrogens with zero attached hydrogens (tertiary/aromatic N) is 2. The molecule has 2 aromatic rings. The average molecular weight is 524 g/mol. The summed E-state index contributed by atoms with van der Waals surface area (Å²) in [5.74, 6) is -2.84. The van der Waals surface area contributed by atoms with Crippen LogP contribution in [0.15, 0.2) is 42.5 Å². The number of nitrogens with one attached hydrogen (secondary N) is 1. The lowest BCUT2D eigenvalue weighted by Crippen LogP contribution is -2.49. The minimum Gasteiger partial charge on any atom is -0.352 e. The van der Waals surface area contributed by atoms with E-state index in [0.29, 0.717) is 0 Å². The number of hydrogen-bond donors (Lipinski definition) is 1. The third-order valence-electron chi connectivity index (χ3n) is 6.11. The highest BCUT2D eigenvalue weighted by Gasteiger charge is 2.27. The van der Waals surface area contributed by atoms with Crippen LogP contribution in [0.1, 0.15) is 51.2 Å². The molecular formula is C26H35F2N3O4S. The zero-order valence-electron chi connectivity index (χ0n) is 21.4. The molecule has 1 N–H and O–H groups in total. The highest BCUT2D eigenvalue weighted by atomic mass is 32.2. The van der Waals surface area contributed by atoms with Crippen LogP contribution in [-0.4, -0.2) is 50.0 Å². The van der Waals surface area contributed by atoms with Gasteiger partial charge in [-0.05, 0) is 56.9 Å². The Morgan fingerprint density at radius 2 is 1.72 bits per heavy atom. The molecule has 2 aromatic carbocycles. The van der Waals surface area contributed by atoms with Crippen molar-refractivity contribution in [3.05, 3.63) is 65.2 Å². The van der Waals surface area contributed by atoms with Gasteiger partial charge in [0.1, 0.15) is 6.04 Å². The number of carbonyl (C=O) groups is 2. The van der Waals surface area contributed by atoms with E-state index in [1.54, 1.807) is 6.92 Å². The second kappa shape index (κ2) is 12.8. The van der Waals surface area contributed by atoms with Gasteiger partial charge >= 0.3 is 0 Å². The van der Waals surface area contributed by atoms with E-state index >= 15 is 0 Å². The fourth-order valence-electron chi connectivity index (χ4n) is 3.66. The van der Waals surface area contributed by atoms with Crippen LogP contribution in [0.4, 0.5) is 14.5 Å². The van der Waals surface area contributed by atoms with E-state index in [1.807, 2.05) is 45.0 Å². The fraction of sp³-hybridized carbons (Fsp3) is 0.462. The number of aryl methyl sites for hydroxylation is 1. The monoisotopic (exact) mass is 523 g/mol. The number of benzene rings is 2. The number of rotatable bonds is 12. The van der Waals surface area contributed by atoms with Crippen LogP contribution in [0.5, 0.6) is 0 Å². The van der Waals surface area contributed by atoms with Crippen molar-refractivity contribution in [2.45, 2.75) is 65.6 Å². The summed E-state index contributed by atoms with van der Waals surface area (Å²) in [4.78, 5) is 27.6. The van der Waals surface area contributed by atoms with Gasteiger partial charge in [0.2, 0.25) is 21.8 Å². The molecule has 0 saturated heterocycles. The van der Waals surface area contributed by atoms with Gasteiger partial charge in [-0.3, -0.25) is 13.9 Å². The summed E-state index contributed by atoms with van der Waals surface area (Å²) in [6.07, 6.45) is 1.79. The molecule has 2 atom stereocenters. The predicted molar refractivity (Wildman–Crippen MR) is 137 cm³/mol. The van der Waals surface area contributed by atoms with Gasteiger partial charge in [0.15, 0.2) is 11.6 Å². The summed E-state index contributed by atoms with van der Waals surface area (Å²) in [6.45, 7) is 7.54. The summed E-state index contributed by atoms with van der Waals surface area (Å²) in [5.41, 5.74) is 1.85. The molecule has 0 aliphatic carbocycles. The average Bonchev–Trinajstić information content (AvgIpc) is 2.81. The Bertz CT molecular complexity index is 1170. The Morgan fingerprint density at radius 1 is 1.06 bits per heavy atom. The summed E-state index contributed by atoms with van der Waals surface area (Å²) in [5, 5.41) is 2.90. The van der Waals surface area contributed by atoms with Crippen LogP contribution in [0.2, 0.25) is 0 Å². The maximum Gasteiger partial charge on any atom is 0.242 e. The van der Waals surface area contributed by atoms with E-state index in [0.717, 1.165) is 40.2 Å². The molecule has 0 fully saturated rings. The van der Waals surface area contributed by atoms with Crippen molar-refractivity contribution in [1.82, 2.24) is 10.2 Å². The summed E-state index contributed by atoms with van der Waals surface area (Å²) < 4.78 is 52.6. The zero-order valence-corrected chi connectivity index (χ0v) is 22.2. The number of hydrogen-bond acceptors (Lipinski definition) is 4. The molecule has 7 nitrogen and oxygen atoms in total. The van der Waals surface area contributed by atoms with E-state index < -0.39 is 27.7 Å². The Morgan fingerprint density at radius 3 is 2.31 bits per heavy atom. The third-order valence-corrected chi connectivity index (χ3v) is 7.31. The maximum absolute atomic E-state index is 13.7. The summed E-state index contributed by atoms with van der Waals surface area (Å²) >= 11 is 0. The molecule has 0 unspecified atom stereocenters. The highest BCUT2D eigenvalue weighted by molar-refractivity contribution is 7.92. The largest absolute Gasteiger partial charge is 0.352 e. The molecule has 0 aliphatic heterocycles. The van der Waals surface area contributed by atoms with Crippen molar-refractivity contribution in [2.75, 3.05) is 17.1 Å². The molecule has 0 aromatic heterocycles. The van der Waals surface area contributed by atoms with E-state index in [-0.39, 0.29) is 49.5 Å². The molecule has 10 heteroatoms. The summed E-state index contributed by atoms with van der Waals surface area (Å²) in [7, 11) is -3.81. The highest BCUT2D eigenvalue weighted by Crippen LogP contribution is 2.22. The van der Waals surface area contributed by atoms with Gasteiger partial charge in [-0.15, -0.1) is 0 Å². The first-order chi connectivity index (χ1) is 16.8. The number of sulfonamides is 1. The molecule has 2 amide bonds. The van der Waals surface area contributed by atoms with E-state index in [2.05, 4.69) is 5.32 Å². The van der Waals surface area contributed by atoms with Crippen molar-refractivity contribution < 1.29 is 26.8 Å². The third kappa shape index (κ3) is 8.01. The smallest absolute Gasteiger partial charge is 0.242 e. The molecule has 2 rings (SSSR count). The van der Waals surface area contributed by atoms with Crippen LogP contribution in [0, 0.1) is 18.6 Å². The molecule has 198 valence electrons. The first-order valence-electron chi connectivity index (χ1n) is 11.9. The van der Waals surface area contributed by atoms with Gasteiger partial charge in [-0.1, -0.05) is 31.2 Å². The zero-order chi connectivity index (χ0) is 27.0. The predicted octanol–water partition coefficient (Wildman–Crippen LogP) is 4.15. The Kier molecular flexibility index (Phi) is 10.4. The van der Waals surface area contributed by atoms with Gasteiger partial charge in [0.05, 0.1) is 11.9 Å². The molecular weight excluding hydrogens is 488 g/mol. The molecule has 0 saturated carbocycles. The van der Waals surface area contributed by atoms with Crippen LogP contribution in [0.25, 0.3) is 0 Å². The molecule has 0 spiro atoms. The van der Waals surface area contributed by atoms with Gasteiger partial charge in [0.25, 0.3) is 0 Å². The molecule has 0 aliphatic rings. The van der Waals surface area contributed by atoms with E-state index in [9.17, 15) is 26.8 Å². The normalized spacial score (nSPS) is 13.1. The molecule has 0 bridgehead atoms. The van der Waals surface area contributed by atoms with Crippen LogP contribution >= 0.6 is 0 Å². The van der Waals surface area contributed by atoms with Crippen molar-refractivity contribution in [3.8, 4) is 0 Å². The standard InChI is InChI=1S/C26H35F2N3O4S/c1-6-19(3)29-26(33)20(4)30(17-21-11-8-7-10-18(21)2)25(32)12-9-15-31(36(5,34)35)22-13-14-23(27)24(28)16-22/h7-8,10-11,13-14,16,19-20H,6,9,12,15,17H2,1-5H3,(H,29,33)/t19-,20-/m0/s1. The topological polar surface area (TPSA) is 86.8 Å². The van der Waals surface area contributed by atoms with E-state index in [1.165, 1.54) is 11.0 Å². The van der Waals surface area contributed by atoms with Gasteiger partial charge in [-0.25, -0.2) is 17.2 Å². The number of anilines is 1. The molecule has 36 heavy (non-hydrogen) atoms. The van der Waals surface area contributed by atoms with Crippen molar-refractivity contribution in [3.63, 3.8) is 0 Å². The van der Waals surface area contributed by atoms with Crippen LogP contribution in [-0.2, 0) is 26.2 Å². The fourth-order valence-corrected chi connectivity index (χ4v) is 4.62. The Balaban J connectivity index is 2.20. The van der Waals surface area contributed by atoms with Gasteiger partial charge in [-0.2, -0.15) is 0 Å². The van der Waals surface area contributed by atoms with Crippen molar-refractivity contribution >= 4 is 27.5 Å². The minimum absolute atomic E-state index is 0.0260. The van der Waals surface area contributed by atoms with Crippen LogP contribution < -0.4 is 9.62 Å². The second-order valence-corrected chi connectivity index (χ2v) is 10.9. The Hall–Kier alpha value is -3.01. The van der Waals surface area contributed by atoms with Gasteiger partial charge in [0, 0.05) is 31.6 Å².